The first-order valence-electron chi connectivity index (χ1n) is 7.56. The number of carbonyl (C=O) groups is 1. The maximum absolute atomic E-state index is 12.9. The number of anilines is 1. The summed E-state index contributed by atoms with van der Waals surface area (Å²) >= 11 is 0. The van der Waals surface area contributed by atoms with Crippen LogP contribution in [-0.4, -0.2) is 63.4 Å². The number of benzene rings is 1. The van der Waals surface area contributed by atoms with Crippen LogP contribution in [0.2, 0.25) is 0 Å². The van der Waals surface area contributed by atoms with Crippen molar-refractivity contribution in [2.45, 2.75) is 18.7 Å². The third-order valence-electron chi connectivity index (χ3n) is 3.88. The van der Waals surface area contributed by atoms with Gasteiger partial charge in [-0.2, -0.15) is 4.31 Å². The maximum Gasteiger partial charge on any atom is 0.246 e. The van der Waals surface area contributed by atoms with E-state index in [9.17, 15) is 13.2 Å². The number of nitrogens with one attached hydrogen (secondary N) is 1. The molecule has 0 atom stereocenters. The van der Waals surface area contributed by atoms with Crippen molar-refractivity contribution in [3.05, 3.63) is 18.2 Å². The number of amides is 1. The summed E-state index contributed by atoms with van der Waals surface area (Å²) in [5, 5.41) is 2.60. The predicted molar refractivity (Wildman–Crippen MR) is 88.2 cm³/mol. The molecule has 128 valence electrons. The fourth-order valence-electron chi connectivity index (χ4n) is 2.58. The lowest BCUT2D eigenvalue weighted by Crippen LogP contribution is -2.48. The molecule has 0 bridgehead atoms. The molecule has 0 radical (unpaired) electrons. The van der Waals surface area contributed by atoms with Crippen LogP contribution in [0.4, 0.5) is 5.69 Å². The van der Waals surface area contributed by atoms with Crippen molar-refractivity contribution >= 4 is 21.6 Å². The Morgan fingerprint density at radius 3 is 2.43 bits per heavy atom. The molecule has 0 saturated carbocycles. The van der Waals surface area contributed by atoms with Crippen molar-refractivity contribution in [3.8, 4) is 5.75 Å². The van der Waals surface area contributed by atoms with Gasteiger partial charge in [-0.3, -0.25) is 4.79 Å². The Morgan fingerprint density at radius 2 is 1.91 bits per heavy atom. The number of hydrogen-bond acceptors (Lipinski definition) is 5. The van der Waals surface area contributed by atoms with Gasteiger partial charge in [0.1, 0.15) is 10.6 Å². The van der Waals surface area contributed by atoms with Crippen molar-refractivity contribution in [2.75, 3.05) is 45.2 Å². The smallest absolute Gasteiger partial charge is 0.246 e. The molecule has 8 heteroatoms. The zero-order valence-electron chi connectivity index (χ0n) is 13.7. The van der Waals surface area contributed by atoms with Crippen LogP contribution in [-0.2, 0) is 14.8 Å². The van der Waals surface area contributed by atoms with Crippen LogP contribution < -0.4 is 10.1 Å². The second-order valence-electron chi connectivity index (χ2n) is 5.39. The zero-order valence-corrected chi connectivity index (χ0v) is 14.5. The molecule has 2 rings (SSSR count). The largest absolute Gasteiger partial charge is 0.495 e. The van der Waals surface area contributed by atoms with Crippen molar-refractivity contribution in [1.82, 2.24) is 9.21 Å². The summed E-state index contributed by atoms with van der Waals surface area (Å²) in [6, 6.07) is 4.62. The number of ether oxygens (including phenoxy) is 1. The first kappa shape index (κ1) is 17.7. The van der Waals surface area contributed by atoms with E-state index in [2.05, 4.69) is 17.1 Å². The molecule has 23 heavy (non-hydrogen) atoms. The number of sulfonamides is 1. The zero-order chi connectivity index (χ0) is 17.0. The van der Waals surface area contributed by atoms with Crippen LogP contribution in [0.15, 0.2) is 23.1 Å². The minimum atomic E-state index is -3.66. The molecule has 0 spiro atoms. The van der Waals surface area contributed by atoms with Crippen LogP contribution in [0.5, 0.6) is 5.75 Å². The van der Waals surface area contributed by atoms with E-state index in [1.165, 1.54) is 24.4 Å². The number of nitrogens with zero attached hydrogens (tertiary/aromatic N) is 2. The lowest BCUT2D eigenvalue weighted by Gasteiger charge is -2.33. The summed E-state index contributed by atoms with van der Waals surface area (Å²) in [4.78, 5) is 13.5. The van der Waals surface area contributed by atoms with Crippen LogP contribution in [0.25, 0.3) is 0 Å². The monoisotopic (exact) mass is 341 g/mol. The summed E-state index contributed by atoms with van der Waals surface area (Å²) < 4.78 is 32.5. The molecule has 0 aromatic heterocycles. The highest BCUT2D eigenvalue weighted by molar-refractivity contribution is 7.89. The molecule has 1 saturated heterocycles. The molecule has 1 N–H and O–H groups in total. The Hall–Kier alpha value is -1.64. The highest BCUT2D eigenvalue weighted by Crippen LogP contribution is 2.30. The van der Waals surface area contributed by atoms with Crippen LogP contribution in [0.3, 0.4) is 0 Å². The minimum absolute atomic E-state index is 0.0798. The van der Waals surface area contributed by atoms with Gasteiger partial charge in [-0.25, -0.2) is 8.42 Å². The lowest BCUT2D eigenvalue weighted by molar-refractivity contribution is -0.114. The van der Waals surface area contributed by atoms with Crippen molar-refractivity contribution in [3.63, 3.8) is 0 Å². The first-order valence-corrected chi connectivity index (χ1v) is 9.00. The number of carbonyl (C=O) groups excluding carboxylic acids is 1. The molecule has 1 heterocycles. The van der Waals surface area contributed by atoms with Gasteiger partial charge in [-0.15, -0.1) is 0 Å². The summed E-state index contributed by atoms with van der Waals surface area (Å²) in [5.74, 6) is 0.0205. The third-order valence-corrected chi connectivity index (χ3v) is 5.80. The summed E-state index contributed by atoms with van der Waals surface area (Å²) in [7, 11) is -2.23. The Bertz CT molecular complexity index is 667. The topological polar surface area (TPSA) is 79.0 Å². The van der Waals surface area contributed by atoms with Crippen LogP contribution in [0.1, 0.15) is 13.8 Å². The highest BCUT2D eigenvalue weighted by atomic mass is 32.2. The van der Waals surface area contributed by atoms with Gasteiger partial charge < -0.3 is 15.0 Å². The Balaban J connectivity index is 2.32. The molecule has 0 unspecified atom stereocenters. The molecule has 1 aliphatic rings. The normalized spacial score (nSPS) is 17.0. The average Bonchev–Trinajstić information content (AvgIpc) is 2.54. The van der Waals surface area contributed by atoms with Crippen LogP contribution >= 0.6 is 0 Å². The standard InChI is InChI=1S/C15H23N3O4S/c1-4-17-7-9-18(10-8-17)23(20,21)15-11-13(16-12(2)19)5-6-14(15)22-3/h5-6,11H,4,7-10H2,1-3H3,(H,16,19). The van der Waals surface area contributed by atoms with Gasteiger partial charge in [0.25, 0.3) is 0 Å². The fourth-order valence-corrected chi connectivity index (χ4v) is 4.19. The van der Waals surface area contributed by atoms with Crippen molar-refractivity contribution < 1.29 is 17.9 Å². The Morgan fingerprint density at radius 1 is 1.26 bits per heavy atom. The van der Waals surface area contributed by atoms with Crippen molar-refractivity contribution in [2.24, 2.45) is 0 Å². The van der Waals surface area contributed by atoms with Crippen molar-refractivity contribution in [1.29, 1.82) is 0 Å². The third kappa shape index (κ3) is 4.01. The summed E-state index contributed by atoms with van der Waals surface area (Å²) in [5.41, 5.74) is 0.434. The number of methoxy groups -OCH3 is 1. The molecule has 1 aromatic carbocycles. The Kier molecular flexibility index (Phi) is 5.61. The average molecular weight is 341 g/mol. The van der Waals surface area contributed by atoms with E-state index in [4.69, 9.17) is 4.74 Å². The van der Waals surface area contributed by atoms with Gasteiger partial charge in [-0.1, -0.05) is 6.92 Å². The van der Waals surface area contributed by atoms with E-state index < -0.39 is 10.0 Å². The summed E-state index contributed by atoms with van der Waals surface area (Å²) in [6.07, 6.45) is 0. The highest BCUT2D eigenvalue weighted by Gasteiger charge is 2.30. The second-order valence-corrected chi connectivity index (χ2v) is 7.29. The van der Waals surface area contributed by atoms with Gasteiger partial charge >= 0.3 is 0 Å². The molecule has 7 nitrogen and oxygen atoms in total. The minimum Gasteiger partial charge on any atom is -0.495 e. The molecule has 0 aliphatic carbocycles. The quantitative estimate of drug-likeness (QED) is 0.864. The van der Waals surface area contributed by atoms with Gasteiger partial charge in [0, 0.05) is 38.8 Å². The molecule has 1 aromatic rings. The fraction of sp³-hybridized carbons (Fsp3) is 0.533. The number of hydrogen-bond donors (Lipinski definition) is 1. The van der Waals surface area contributed by atoms with Gasteiger partial charge in [0.2, 0.25) is 15.9 Å². The molecule has 1 aliphatic heterocycles. The maximum atomic E-state index is 12.9. The van der Waals surface area contributed by atoms with Gasteiger partial charge in [-0.05, 0) is 24.7 Å². The van der Waals surface area contributed by atoms with E-state index >= 15 is 0 Å². The predicted octanol–water partition coefficient (Wildman–Crippen LogP) is 0.980. The van der Waals surface area contributed by atoms with E-state index in [0.29, 0.717) is 31.9 Å². The molecular weight excluding hydrogens is 318 g/mol. The van der Waals surface area contributed by atoms with Crippen LogP contribution in [0, 0.1) is 0 Å². The molecule has 1 amide bonds. The Labute approximate surface area is 137 Å². The second kappa shape index (κ2) is 7.29. The van der Waals surface area contributed by atoms with E-state index in [-0.39, 0.29) is 16.6 Å². The summed E-state index contributed by atoms with van der Waals surface area (Å²) in [6.45, 7) is 6.67. The van der Waals surface area contributed by atoms with Gasteiger partial charge in [0.15, 0.2) is 0 Å². The van der Waals surface area contributed by atoms with Gasteiger partial charge in [0.05, 0.1) is 7.11 Å². The number of rotatable bonds is 5. The number of likely N-dealkylation sites (N-methyl/N-ethyl adjacent to an activating group) is 1. The molecule has 1 fully saturated rings. The number of piperazine rings is 1. The van der Waals surface area contributed by atoms with E-state index in [0.717, 1.165) is 6.54 Å². The molecular formula is C15H23N3O4S. The lowest BCUT2D eigenvalue weighted by atomic mass is 10.3. The van der Waals surface area contributed by atoms with E-state index in [1.54, 1.807) is 12.1 Å². The SMILES string of the molecule is CCN1CCN(S(=O)(=O)c2cc(NC(C)=O)ccc2OC)CC1. The first-order chi connectivity index (χ1) is 10.9. The van der Waals surface area contributed by atoms with E-state index in [1.807, 2.05) is 0 Å².